The van der Waals surface area contributed by atoms with Gasteiger partial charge in [0.05, 0.1) is 35.5 Å². The lowest BCUT2D eigenvalue weighted by atomic mass is 10.1. The Bertz CT molecular complexity index is 843. The second-order valence-corrected chi connectivity index (χ2v) is 5.57. The standard InChI is InChI=1S/C21H24O7/c1-23-16-7-8-17(24-2)15(10-16)13-28-21(22)9-6-14-11-19(26-4)20(27-5)12-18(14)25-3/h6-12H,13H2,1-5H3/b9-6+. The molecule has 28 heavy (non-hydrogen) atoms. The molecule has 7 heteroatoms. The van der Waals surface area contributed by atoms with Crippen molar-refractivity contribution >= 4 is 12.0 Å². The number of methoxy groups -OCH3 is 5. The largest absolute Gasteiger partial charge is 0.497 e. The summed E-state index contributed by atoms with van der Waals surface area (Å²) in [4.78, 5) is 12.1. The van der Waals surface area contributed by atoms with Crippen LogP contribution in [0, 0.1) is 0 Å². The van der Waals surface area contributed by atoms with Gasteiger partial charge < -0.3 is 28.4 Å². The number of esters is 1. The third kappa shape index (κ3) is 5.09. The molecule has 0 aliphatic carbocycles. The Balaban J connectivity index is 2.12. The molecule has 0 atom stereocenters. The Morgan fingerprint density at radius 2 is 1.43 bits per heavy atom. The topological polar surface area (TPSA) is 72.5 Å². The van der Waals surface area contributed by atoms with Gasteiger partial charge in [-0.25, -0.2) is 4.79 Å². The third-order valence-corrected chi connectivity index (χ3v) is 3.99. The van der Waals surface area contributed by atoms with Crippen molar-refractivity contribution in [2.24, 2.45) is 0 Å². The van der Waals surface area contributed by atoms with E-state index in [9.17, 15) is 4.79 Å². The molecule has 0 saturated heterocycles. The Kier molecular flexibility index (Phi) is 7.56. The molecule has 2 rings (SSSR count). The van der Waals surface area contributed by atoms with E-state index in [2.05, 4.69) is 0 Å². The van der Waals surface area contributed by atoms with Crippen LogP contribution in [0.15, 0.2) is 36.4 Å². The first-order valence-corrected chi connectivity index (χ1v) is 8.42. The maximum absolute atomic E-state index is 12.1. The van der Waals surface area contributed by atoms with Crippen molar-refractivity contribution in [1.82, 2.24) is 0 Å². The molecular weight excluding hydrogens is 364 g/mol. The van der Waals surface area contributed by atoms with Crippen LogP contribution in [0.4, 0.5) is 0 Å². The van der Waals surface area contributed by atoms with Crippen molar-refractivity contribution in [2.45, 2.75) is 6.61 Å². The lowest BCUT2D eigenvalue weighted by Gasteiger charge is -2.12. The highest BCUT2D eigenvalue weighted by atomic mass is 16.5. The van der Waals surface area contributed by atoms with E-state index in [0.717, 1.165) is 0 Å². The Morgan fingerprint density at radius 3 is 2.04 bits per heavy atom. The highest BCUT2D eigenvalue weighted by Gasteiger charge is 2.11. The first-order chi connectivity index (χ1) is 13.6. The Morgan fingerprint density at radius 1 is 0.786 bits per heavy atom. The molecule has 0 unspecified atom stereocenters. The quantitative estimate of drug-likeness (QED) is 0.481. The van der Waals surface area contributed by atoms with E-state index in [1.165, 1.54) is 27.4 Å². The highest BCUT2D eigenvalue weighted by Crippen LogP contribution is 2.35. The molecule has 0 aliphatic heterocycles. The minimum absolute atomic E-state index is 0.0482. The molecule has 0 N–H and O–H groups in total. The van der Waals surface area contributed by atoms with Crippen LogP contribution in [0.1, 0.15) is 11.1 Å². The molecule has 0 aromatic heterocycles. The summed E-state index contributed by atoms with van der Waals surface area (Å²) in [5.74, 6) is 2.34. The zero-order valence-electron chi connectivity index (χ0n) is 16.6. The Labute approximate surface area is 164 Å². The van der Waals surface area contributed by atoms with Gasteiger partial charge in [0.15, 0.2) is 11.5 Å². The molecule has 2 aromatic rings. The molecule has 0 heterocycles. The van der Waals surface area contributed by atoms with Gasteiger partial charge >= 0.3 is 5.97 Å². The second-order valence-electron chi connectivity index (χ2n) is 5.57. The van der Waals surface area contributed by atoms with Crippen LogP contribution in [0.2, 0.25) is 0 Å². The smallest absolute Gasteiger partial charge is 0.331 e. The van der Waals surface area contributed by atoms with E-state index in [1.54, 1.807) is 50.6 Å². The van der Waals surface area contributed by atoms with E-state index in [1.807, 2.05) is 0 Å². The van der Waals surface area contributed by atoms with Gasteiger partial charge in [0, 0.05) is 23.3 Å². The SMILES string of the molecule is COc1ccc(OC)c(COC(=O)/C=C/c2cc(OC)c(OC)cc2OC)c1. The molecule has 0 fully saturated rings. The van der Waals surface area contributed by atoms with Gasteiger partial charge in [-0.1, -0.05) is 0 Å². The third-order valence-electron chi connectivity index (χ3n) is 3.99. The number of rotatable bonds is 9. The van der Waals surface area contributed by atoms with Crippen LogP contribution in [0.5, 0.6) is 28.7 Å². The molecule has 7 nitrogen and oxygen atoms in total. The second kappa shape index (κ2) is 10.1. The van der Waals surface area contributed by atoms with Crippen molar-refractivity contribution < 1.29 is 33.2 Å². The summed E-state index contributed by atoms with van der Waals surface area (Å²) in [5.41, 5.74) is 1.35. The van der Waals surface area contributed by atoms with E-state index in [4.69, 9.17) is 28.4 Å². The number of hydrogen-bond donors (Lipinski definition) is 0. The molecule has 2 aromatic carbocycles. The van der Waals surface area contributed by atoms with Gasteiger partial charge in [-0.15, -0.1) is 0 Å². The normalized spacial score (nSPS) is 10.5. The average molecular weight is 388 g/mol. The lowest BCUT2D eigenvalue weighted by molar-refractivity contribution is -0.138. The van der Waals surface area contributed by atoms with Gasteiger partial charge in [0.25, 0.3) is 0 Å². The van der Waals surface area contributed by atoms with Crippen molar-refractivity contribution in [3.63, 3.8) is 0 Å². The summed E-state index contributed by atoms with van der Waals surface area (Å²) in [7, 11) is 7.73. The first kappa shape index (κ1) is 21.0. The van der Waals surface area contributed by atoms with Crippen LogP contribution < -0.4 is 23.7 Å². The fourth-order valence-electron chi connectivity index (χ4n) is 2.53. The maximum atomic E-state index is 12.1. The number of carbonyl (C=O) groups is 1. The monoisotopic (exact) mass is 388 g/mol. The predicted molar refractivity (Wildman–Crippen MR) is 104 cm³/mol. The summed E-state index contributed by atoms with van der Waals surface area (Å²) < 4.78 is 31.6. The van der Waals surface area contributed by atoms with Crippen molar-refractivity contribution in [1.29, 1.82) is 0 Å². The highest BCUT2D eigenvalue weighted by molar-refractivity contribution is 5.88. The molecule has 0 radical (unpaired) electrons. The van der Waals surface area contributed by atoms with Crippen molar-refractivity contribution in [3.8, 4) is 28.7 Å². The molecule has 0 saturated carbocycles. The van der Waals surface area contributed by atoms with Gasteiger partial charge in [-0.3, -0.25) is 0 Å². The molecule has 0 amide bonds. The minimum atomic E-state index is -0.512. The fraction of sp³-hybridized carbons (Fsp3) is 0.286. The van der Waals surface area contributed by atoms with Crippen molar-refractivity contribution in [3.05, 3.63) is 47.5 Å². The van der Waals surface area contributed by atoms with Crippen LogP contribution >= 0.6 is 0 Å². The number of ether oxygens (including phenoxy) is 6. The van der Waals surface area contributed by atoms with E-state index >= 15 is 0 Å². The number of hydrogen-bond acceptors (Lipinski definition) is 7. The van der Waals surface area contributed by atoms with Gasteiger partial charge in [-0.05, 0) is 30.3 Å². The predicted octanol–water partition coefficient (Wildman–Crippen LogP) is 3.49. The Hall–Kier alpha value is -3.35. The van der Waals surface area contributed by atoms with E-state index in [-0.39, 0.29) is 6.61 Å². The molecule has 0 bridgehead atoms. The molecule has 0 aliphatic rings. The van der Waals surface area contributed by atoms with Crippen LogP contribution in [0.3, 0.4) is 0 Å². The summed E-state index contributed by atoms with van der Waals surface area (Å²) in [6, 6.07) is 8.68. The van der Waals surface area contributed by atoms with Crippen molar-refractivity contribution in [2.75, 3.05) is 35.5 Å². The molecule has 150 valence electrons. The van der Waals surface area contributed by atoms with Gasteiger partial charge in [-0.2, -0.15) is 0 Å². The maximum Gasteiger partial charge on any atom is 0.331 e. The summed E-state index contributed by atoms with van der Waals surface area (Å²) in [6.45, 7) is 0.0482. The minimum Gasteiger partial charge on any atom is -0.497 e. The van der Waals surface area contributed by atoms with Crippen LogP contribution in [-0.2, 0) is 16.1 Å². The fourth-order valence-corrected chi connectivity index (χ4v) is 2.53. The van der Waals surface area contributed by atoms with Gasteiger partial charge in [0.1, 0.15) is 23.9 Å². The zero-order valence-corrected chi connectivity index (χ0v) is 16.6. The van der Waals surface area contributed by atoms with E-state index < -0.39 is 5.97 Å². The summed E-state index contributed by atoms with van der Waals surface area (Å²) in [6.07, 6.45) is 2.91. The van der Waals surface area contributed by atoms with Crippen LogP contribution in [-0.4, -0.2) is 41.5 Å². The van der Waals surface area contributed by atoms with Gasteiger partial charge in [0.2, 0.25) is 0 Å². The zero-order chi connectivity index (χ0) is 20.5. The van der Waals surface area contributed by atoms with Crippen LogP contribution in [0.25, 0.3) is 6.08 Å². The molecular formula is C21H24O7. The van der Waals surface area contributed by atoms with E-state index in [0.29, 0.717) is 39.9 Å². The number of carbonyl (C=O) groups excluding carboxylic acids is 1. The summed E-state index contributed by atoms with van der Waals surface area (Å²) in [5, 5.41) is 0. The molecule has 0 spiro atoms. The first-order valence-electron chi connectivity index (χ1n) is 8.42. The lowest BCUT2D eigenvalue weighted by Crippen LogP contribution is -2.03. The summed E-state index contributed by atoms with van der Waals surface area (Å²) >= 11 is 0. The number of benzene rings is 2. The average Bonchev–Trinajstić information content (AvgIpc) is 2.74.